The first-order valence-corrected chi connectivity index (χ1v) is 10.1. The first kappa shape index (κ1) is 19.5. The molecule has 150 valence electrons. The van der Waals surface area contributed by atoms with E-state index in [0.717, 1.165) is 24.5 Å². The maximum absolute atomic E-state index is 13.1. The number of hydrogen-bond acceptors (Lipinski definition) is 4. The van der Waals surface area contributed by atoms with Gasteiger partial charge in [0.2, 0.25) is 0 Å². The largest absolute Gasteiger partial charge is 0.368 e. The fourth-order valence-corrected chi connectivity index (χ4v) is 3.89. The molecule has 1 amide bonds. The Kier molecular flexibility index (Phi) is 5.28. The number of carbonyl (C=O) groups excluding carboxylic acids is 1. The van der Waals surface area contributed by atoms with Gasteiger partial charge in [0.15, 0.2) is 5.82 Å². The Morgan fingerprint density at radius 3 is 2.41 bits per heavy atom. The van der Waals surface area contributed by atoms with E-state index in [0.29, 0.717) is 23.9 Å². The number of rotatable bonds is 3. The Balaban J connectivity index is 1.51. The van der Waals surface area contributed by atoms with Gasteiger partial charge in [-0.15, -0.1) is 0 Å². The fraction of sp³-hybridized carbons (Fsp3) is 0.318. The Bertz CT molecular complexity index is 1050. The number of carbonyl (C=O) groups is 1. The summed E-state index contributed by atoms with van der Waals surface area (Å²) in [4.78, 5) is 21.8. The van der Waals surface area contributed by atoms with E-state index >= 15 is 0 Å². The number of hydrogen-bond donors (Lipinski definition) is 0. The van der Waals surface area contributed by atoms with Crippen LogP contribution in [0.1, 0.15) is 27.4 Å². The fourth-order valence-electron chi connectivity index (χ4n) is 3.70. The van der Waals surface area contributed by atoms with E-state index in [1.165, 1.54) is 11.3 Å². The van der Waals surface area contributed by atoms with Crippen molar-refractivity contribution in [2.24, 2.45) is 0 Å². The quantitative estimate of drug-likeness (QED) is 0.660. The predicted octanol–water partition coefficient (Wildman–Crippen LogP) is 3.81. The zero-order valence-corrected chi connectivity index (χ0v) is 17.6. The van der Waals surface area contributed by atoms with Crippen molar-refractivity contribution in [3.05, 3.63) is 70.1 Å². The second kappa shape index (κ2) is 7.87. The van der Waals surface area contributed by atoms with E-state index in [4.69, 9.17) is 11.6 Å². The number of pyridine rings is 1. The molecule has 0 saturated carbocycles. The van der Waals surface area contributed by atoms with Crippen LogP contribution in [0.15, 0.2) is 42.5 Å². The molecule has 0 bridgehead atoms. The maximum Gasteiger partial charge on any atom is 0.274 e. The topological polar surface area (TPSA) is 54.3 Å². The predicted molar refractivity (Wildman–Crippen MR) is 115 cm³/mol. The molecule has 1 fully saturated rings. The summed E-state index contributed by atoms with van der Waals surface area (Å²) in [7, 11) is 0. The maximum atomic E-state index is 13.1. The van der Waals surface area contributed by atoms with Crippen LogP contribution in [0.4, 0.5) is 5.69 Å². The molecule has 7 heteroatoms. The smallest absolute Gasteiger partial charge is 0.274 e. The van der Waals surface area contributed by atoms with Crippen molar-refractivity contribution in [1.82, 2.24) is 19.7 Å². The number of anilines is 1. The molecule has 1 aliphatic rings. The second-order valence-electron chi connectivity index (χ2n) is 7.46. The van der Waals surface area contributed by atoms with Crippen LogP contribution in [0, 0.1) is 20.8 Å². The van der Waals surface area contributed by atoms with Crippen LogP contribution in [-0.4, -0.2) is 51.8 Å². The van der Waals surface area contributed by atoms with Crippen LogP contribution in [-0.2, 0) is 0 Å². The van der Waals surface area contributed by atoms with Gasteiger partial charge in [0.1, 0.15) is 5.69 Å². The Morgan fingerprint density at radius 1 is 1.00 bits per heavy atom. The van der Waals surface area contributed by atoms with Gasteiger partial charge in [-0.25, -0.2) is 9.67 Å². The molecule has 2 aromatic heterocycles. The molecule has 1 aliphatic heterocycles. The third-order valence-corrected chi connectivity index (χ3v) is 5.50. The van der Waals surface area contributed by atoms with Crippen molar-refractivity contribution < 1.29 is 4.79 Å². The van der Waals surface area contributed by atoms with Crippen LogP contribution in [0.3, 0.4) is 0 Å². The first-order valence-electron chi connectivity index (χ1n) is 9.73. The molecular weight excluding hydrogens is 386 g/mol. The molecule has 3 aromatic rings. The third-order valence-electron chi connectivity index (χ3n) is 5.19. The minimum absolute atomic E-state index is 0.137. The molecule has 1 saturated heterocycles. The standard InChI is InChI=1S/C22H24ClN5O/c1-15-5-4-6-18(13-15)26-9-11-27(12-10-26)22(29)21-19(23)7-8-20(24-21)28-17(3)14-16(2)25-28/h4-8,13-14H,9-12H2,1-3H3. The summed E-state index contributed by atoms with van der Waals surface area (Å²) in [5.41, 5.74) is 4.57. The highest BCUT2D eigenvalue weighted by atomic mass is 35.5. The Morgan fingerprint density at radius 2 is 1.76 bits per heavy atom. The minimum atomic E-state index is -0.137. The number of piperazine rings is 1. The third kappa shape index (κ3) is 3.98. The zero-order chi connectivity index (χ0) is 20.5. The lowest BCUT2D eigenvalue weighted by molar-refractivity contribution is 0.0741. The molecule has 3 heterocycles. The van der Waals surface area contributed by atoms with Crippen molar-refractivity contribution in [3.63, 3.8) is 0 Å². The first-order chi connectivity index (χ1) is 13.9. The highest BCUT2D eigenvalue weighted by molar-refractivity contribution is 6.33. The molecule has 4 rings (SSSR count). The average molecular weight is 410 g/mol. The average Bonchev–Trinajstić information content (AvgIpc) is 3.06. The van der Waals surface area contributed by atoms with Gasteiger partial charge in [-0.05, 0) is 56.7 Å². The van der Waals surface area contributed by atoms with E-state index in [1.54, 1.807) is 16.8 Å². The SMILES string of the molecule is Cc1cccc(N2CCN(C(=O)c3nc(-n4nc(C)cc4C)ccc3Cl)CC2)c1. The normalized spacial score (nSPS) is 14.3. The minimum Gasteiger partial charge on any atom is -0.368 e. The van der Waals surface area contributed by atoms with Gasteiger partial charge < -0.3 is 9.80 Å². The van der Waals surface area contributed by atoms with Crippen molar-refractivity contribution in [1.29, 1.82) is 0 Å². The number of nitrogens with zero attached hydrogens (tertiary/aromatic N) is 5. The molecule has 0 N–H and O–H groups in total. The van der Waals surface area contributed by atoms with Crippen molar-refractivity contribution in [2.75, 3.05) is 31.1 Å². The van der Waals surface area contributed by atoms with Gasteiger partial charge in [-0.1, -0.05) is 23.7 Å². The lowest BCUT2D eigenvalue weighted by Gasteiger charge is -2.36. The molecule has 0 atom stereocenters. The summed E-state index contributed by atoms with van der Waals surface area (Å²) in [5.74, 6) is 0.462. The highest BCUT2D eigenvalue weighted by Gasteiger charge is 2.25. The van der Waals surface area contributed by atoms with Gasteiger partial charge in [0, 0.05) is 37.6 Å². The van der Waals surface area contributed by atoms with E-state index in [9.17, 15) is 4.79 Å². The number of aryl methyl sites for hydroxylation is 3. The molecule has 0 radical (unpaired) electrons. The molecule has 1 aromatic carbocycles. The van der Waals surface area contributed by atoms with Gasteiger partial charge in [-0.2, -0.15) is 5.10 Å². The lowest BCUT2D eigenvalue weighted by atomic mass is 10.2. The van der Waals surface area contributed by atoms with Crippen molar-refractivity contribution in [2.45, 2.75) is 20.8 Å². The molecule has 0 aliphatic carbocycles. The number of aromatic nitrogens is 3. The summed E-state index contributed by atoms with van der Waals surface area (Å²) in [6.07, 6.45) is 0. The summed E-state index contributed by atoms with van der Waals surface area (Å²) in [5, 5.41) is 4.82. The van der Waals surface area contributed by atoms with Gasteiger partial charge in [-0.3, -0.25) is 4.79 Å². The van der Waals surface area contributed by atoms with E-state index in [-0.39, 0.29) is 11.6 Å². The molecule has 6 nitrogen and oxygen atoms in total. The van der Waals surface area contributed by atoms with Gasteiger partial charge in [0.25, 0.3) is 5.91 Å². The highest BCUT2D eigenvalue weighted by Crippen LogP contribution is 2.22. The molecular formula is C22H24ClN5O. The van der Waals surface area contributed by atoms with E-state index in [1.807, 2.05) is 24.8 Å². The monoisotopic (exact) mass is 409 g/mol. The lowest BCUT2D eigenvalue weighted by Crippen LogP contribution is -2.49. The van der Waals surface area contributed by atoms with Crippen LogP contribution in [0.2, 0.25) is 5.02 Å². The van der Waals surface area contributed by atoms with E-state index < -0.39 is 0 Å². The molecule has 0 unspecified atom stereocenters. The van der Waals surface area contributed by atoms with Crippen LogP contribution in [0.5, 0.6) is 0 Å². The van der Waals surface area contributed by atoms with Crippen LogP contribution >= 0.6 is 11.6 Å². The summed E-state index contributed by atoms with van der Waals surface area (Å²) < 4.78 is 1.73. The zero-order valence-electron chi connectivity index (χ0n) is 16.9. The Hall–Kier alpha value is -2.86. The summed E-state index contributed by atoms with van der Waals surface area (Å²) in [6, 6.07) is 13.9. The van der Waals surface area contributed by atoms with Gasteiger partial charge in [0.05, 0.1) is 10.7 Å². The van der Waals surface area contributed by atoms with Crippen molar-refractivity contribution >= 4 is 23.2 Å². The number of amides is 1. The number of halogens is 1. The molecule has 29 heavy (non-hydrogen) atoms. The van der Waals surface area contributed by atoms with Crippen LogP contribution in [0.25, 0.3) is 5.82 Å². The van der Waals surface area contributed by atoms with E-state index in [2.05, 4.69) is 46.2 Å². The molecule has 0 spiro atoms. The Labute approximate surface area is 175 Å². The summed E-state index contributed by atoms with van der Waals surface area (Å²) in [6.45, 7) is 8.81. The van der Waals surface area contributed by atoms with Crippen molar-refractivity contribution in [3.8, 4) is 5.82 Å². The summed E-state index contributed by atoms with van der Waals surface area (Å²) >= 11 is 6.33. The number of benzene rings is 1. The van der Waals surface area contributed by atoms with Crippen LogP contribution < -0.4 is 4.90 Å². The second-order valence-corrected chi connectivity index (χ2v) is 7.86. The van der Waals surface area contributed by atoms with Gasteiger partial charge >= 0.3 is 0 Å².